The van der Waals surface area contributed by atoms with E-state index >= 15 is 0 Å². The Kier molecular flexibility index (Phi) is 25.2. The Labute approximate surface area is 342 Å². The van der Waals surface area contributed by atoms with Gasteiger partial charge in [-0.3, -0.25) is 43.3 Å². The highest BCUT2D eigenvalue weighted by molar-refractivity contribution is 5.97. The molecule has 9 atom stereocenters. The maximum atomic E-state index is 13.8. The maximum Gasteiger partial charge on any atom is 0.245 e. The lowest BCUT2D eigenvalue weighted by atomic mass is 9.95. The van der Waals surface area contributed by atoms with Gasteiger partial charge >= 0.3 is 0 Å². The van der Waals surface area contributed by atoms with Crippen LogP contribution in [0.2, 0.25) is 0 Å². The lowest BCUT2D eigenvalue weighted by molar-refractivity contribution is -0.138. The molecular weight excluding hydrogens is 754 g/mol. The van der Waals surface area contributed by atoms with E-state index in [1.165, 1.54) is 13.8 Å². The number of nitrogens with zero attached hydrogens (tertiary/aromatic N) is 1. The van der Waals surface area contributed by atoms with Gasteiger partial charge in [0, 0.05) is 20.0 Å². The smallest absolute Gasteiger partial charge is 0.245 e. The molecule has 0 rings (SSSR count). The number of nitrogens with one attached hydrogen (secondary N) is 8. The highest BCUT2D eigenvalue weighted by Crippen LogP contribution is 2.13. The van der Waals surface area contributed by atoms with Crippen molar-refractivity contribution in [1.29, 1.82) is 0 Å². The molecular formula is C38H71N11O9. The first-order valence-corrected chi connectivity index (χ1v) is 20.2. The predicted octanol–water partition coefficient (Wildman–Crippen LogP) is -1.85. The van der Waals surface area contributed by atoms with Gasteiger partial charge in [0.1, 0.15) is 36.3 Å². The Balaban J connectivity index is 6.18. The molecule has 0 bridgehead atoms. The monoisotopic (exact) mass is 826 g/mol. The molecule has 0 radical (unpaired) electrons. The molecule has 0 saturated carbocycles. The third kappa shape index (κ3) is 19.4. The second kappa shape index (κ2) is 27.6. The van der Waals surface area contributed by atoms with Gasteiger partial charge in [-0.25, -0.2) is 0 Å². The van der Waals surface area contributed by atoms with E-state index in [1.54, 1.807) is 48.5 Å². The fourth-order valence-corrected chi connectivity index (χ4v) is 5.66. The second-order valence-corrected chi connectivity index (χ2v) is 14.9. The summed E-state index contributed by atoms with van der Waals surface area (Å²) in [5.41, 5.74) is 10.8. The van der Waals surface area contributed by atoms with Gasteiger partial charge in [-0.2, -0.15) is 0 Å². The normalized spacial score (nSPS) is 15.7. The molecule has 0 aromatic carbocycles. The highest BCUT2D eigenvalue weighted by Gasteiger charge is 2.37. The molecule has 0 fully saturated rings. The summed E-state index contributed by atoms with van der Waals surface area (Å²) in [7, 11) is 0. The highest BCUT2D eigenvalue weighted by atomic mass is 16.3. The molecule has 0 saturated heterocycles. The van der Waals surface area contributed by atoms with E-state index in [2.05, 4.69) is 47.5 Å². The average molecular weight is 826 g/mol. The lowest BCUT2D eigenvalue weighted by Gasteiger charge is -2.31. The molecule has 13 N–H and O–H groups in total. The van der Waals surface area contributed by atoms with Crippen molar-refractivity contribution in [3.05, 3.63) is 0 Å². The minimum atomic E-state index is -1.56. The summed E-state index contributed by atoms with van der Waals surface area (Å²) in [5, 5.41) is 31.5. The number of hydrogen-bond acceptors (Lipinski definition) is 10. The van der Waals surface area contributed by atoms with Crippen LogP contribution in [0.1, 0.15) is 108 Å². The largest absolute Gasteiger partial charge is 0.391 e. The molecule has 0 aliphatic rings. The summed E-state index contributed by atoms with van der Waals surface area (Å²) in [5.74, 6) is -6.48. The van der Waals surface area contributed by atoms with E-state index in [4.69, 9.17) is 11.5 Å². The van der Waals surface area contributed by atoms with Crippen molar-refractivity contribution in [3.63, 3.8) is 0 Å². The summed E-state index contributed by atoms with van der Waals surface area (Å²) in [6, 6.07) is -7.06. The number of carbonyl (C=O) groups is 8. The quantitative estimate of drug-likeness (QED) is 0.0248. The minimum absolute atomic E-state index is 0.103. The van der Waals surface area contributed by atoms with Crippen molar-refractivity contribution in [2.24, 2.45) is 34.2 Å². The third-order valence-electron chi connectivity index (χ3n) is 9.55. The molecule has 0 aliphatic heterocycles. The Morgan fingerprint density at radius 2 is 1.05 bits per heavy atom. The summed E-state index contributed by atoms with van der Waals surface area (Å²) in [4.78, 5) is 109. The second-order valence-electron chi connectivity index (χ2n) is 14.9. The van der Waals surface area contributed by atoms with Crippen LogP contribution >= 0.6 is 0 Å². The number of hydrogen-bond donors (Lipinski definition) is 11. The van der Waals surface area contributed by atoms with Gasteiger partial charge in [0.25, 0.3) is 0 Å². The standard InChI is InChI=1S/C38H71N11O9/c1-11-16-25(33(54)47-29(21(7)12-2)35(56)45-26(32(53)41-14-4)17-15-18-42-38(39)40)44-37(58)31(23(9)50)49-36(57)30(22(8)13-3)48-34(55)28(20(5)6)46-27(52)19-43-24(10)51/h20-23,25-26,28-31,50H,11-19H2,1-10H3,(H,41,53)(H,43,51)(H,44,58)(H,45,56)(H,46,52)(H,47,54)(H,48,55)(H,49,57)(H4,39,40,42)/t21-,22+,23+,25-,26-,28-,29-,30+,31-/m0/s1. The average Bonchev–Trinajstić information content (AvgIpc) is 3.15. The fraction of sp³-hybridized carbons (Fsp3) is 0.763. The Morgan fingerprint density at radius 3 is 1.50 bits per heavy atom. The third-order valence-corrected chi connectivity index (χ3v) is 9.55. The number of guanidine groups is 1. The van der Waals surface area contributed by atoms with Crippen LogP contribution < -0.4 is 54.0 Å². The van der Waals surface area contributed by atoms with Crippen LogP contribution in [0.3, 0.4) is 0 Å². The van der Waals surface area contributed by atoms with Crippen LogP contribution in [-0.4, -0.2) is 120 Å². The van der Waals surface area contributed by atoms with E-state index < -0.39 is 107 Å². The Bertz CT molecular complexity index is 1410. The van der Waals surface area contributed by atoms with E-state index in [0.717, 1.165) is 0 Å². The van der Waals surface area contributed by atoms with Crippen molar-refractivity contribution < 1.29 is 43.5 Å². The topological polar surface area (TPSA) is 317 Å². The molecule has 0 unspecified atom stereocenters. The van der Waals surface area contributed by atoms with Gasteiger partial charge in [0.05, 0.1) is 12.6 Å². The molecule has 0 aromatic rings. The van der Waals surface area contributed by atoms with Crippen molar-refractivity contribution in [3.8, 4) is 0 Å². The fourth-order valence-electron chi connectivity index (χ4n) is 5.66. The van der Waals surface area contributed by atoms with Crippen LogP contribution in [0, 0.1) is 17.8 Å². The van der Waals surface area contributed by atoms with E-state index in [0.29, 0.717) is 32.2 Å². The van der Waals surface area contributed by atoms with Crippen LogP contribution in [-0.2, 0) is 38.4 Å². The SMILES string of the molecule is CCC[C@H](NC(=O)[C@@H](NC(=O)[C@H](NC(=O)[C@@H](NC(=O)CNC(C)=O)C(C)C)[C@H](C)CC)[C@@H](C)O)C(=O)N[C@H](C(=O)N[C@@H](CCCN=C(N)N)C(=O)NCC)[C@@H](C)CC. The number of aliphatic hydroxyl groups excluding tert-OH is 1. The predicted molar refractivity (Wildman–Crippen MR) is 219 cm³/mol. The van der Waals surface area contributed by atoms with Gasteiger partial charge in [-0.15, -0.1) is 0 Å². The van der Waals surface area contributed by atoms with Crippen LogP contribution in [0.25, 0.3) is 0 Å². The molecule has 0 heterocycles. The lowest BCUT2D eigenvalue weighted by Crippen LogP contribution is -2.63. The van der Waals surface area contributed by atoms with E-state index in [1.807, 2.05) is 6.92 Å². The van der Waals surface area contributed by atoms with Gasteiger partial charge in [-0.05, 0) is 50.9 Å². The Morgan fingerprint density at radius 1 is 0.586 bits per heavy atom. The Hall–Kier alpha value is -5.01. The van der Waals surface area contributed by atoms with Crippen molar-refractivity contribution >= 4 is 53.2 Å². The van der Waals surface area contributed by atoms with Gasteiger partial charge in [0.15, 0.2) is 5.96 Å². The van der Waals surface area contributed by atoms with Crippen LogP contribution in [0.5, 0.6) is 0 Å². The maximum absolute atomic E-state index is 13.8. The molecule has 0 aliphatic carbocycles. The molecule has 58 heavy (non-hydrogen) atoms. The van der Waals surface area contributed by atoms with Gasteiger partial charge < -0.3 is 59.1 Å². The van der Waals surface area contributed by atoms with Crippen molar-refractivity contribution in [1.82, 2.24) is 42.5 Å². The first-order valence-electron chi connectivity index (χ1n) is 20.2. The minimum Gasteiger partial charge on any atom is -0.391 e. The number of carbonyl (C=O) groups excluding carboxylic acids is 8. The van der Waals surface area contributed by atoms with Crippen LogP contribution in [0.4, 0.5) is 0 Å². The number of aliphatic hydroxyl groups is 1. The van der Waals surface area contributed by atoms with Crippen LogP contribution in [0.15, 0.2) is 4.99 Å². The summed E-state index contributed by atoms with van der Waals surface area (Å²) in [6.45, 7) is 16.7. The number of aliphatic imine (C=N–C) groups is 1. The van der Waals surface area contributed by atoms with Gasteiger partial charge in [-0.1, -0.05) is 67.7 Å². The summed E-state index contributed by atoms with van der Waals surface area (Å²) >= 11 is 0. The van der Waals surface area contributed by atoms with E-state index in [9.17, 15) is 43.5 Å². The molecule has 20 nitrogen and oxygen atoms in total. The van der Waals surface area contributed by atoms with E-state index in [-0.39, 0.29) is 31.9 Å². The zero-order valence-corrected chi connectivity index (χ0v) is 36.0. The molecule has 20 heteroatoms. The molecule has 332 valence electrons. The summed E-state index contributed by atoms with van der Waals surface area (Å²) < 4.78 is 0. The van der Waals surface area contributed by atoms with Crippen molar-refractivity contribution in [2.75, 3.05) is 19.6 Å². The number of nitrogens with two attached hydrogens (primary N) is 2. The zero-order chi connectivity index (χ0) is 44.7. The first-order chi connectivity index (χ1) is 27.1. The first kappa shape index (κ1) is 53.0. The molecule has 0 spiro atoms. The zero-order valence-electron chi connectivity index (χ0n) is 36.0. The number of rotatable bonds is 27. The van der Waals surface area contributed by atoms with Crippen molar-refractivity contribution in [2.45, 2.75) is 150 Å². The number of likely N-dealkylation sites (N-methyl/N-ethyl adjacent to an activating group) is 1. The molecule has 0 aromatic heterocycles. The number of amides is 8. The van der Waals surface area contributed by atoms with Gasteiger partial charge in [0.2, 0.25) is 47.3 Å². The summed E-state index contributed by atoms with van der Waals surface area (Å²) in [6.07, 6.45) is 0.619. The molecule has 8 amide bonds.